The number of hydrogen-bond donors (Lipinski definition) is 2. The first-order valence-corrected chi connectivity index (χ1v) is 12.1. The van der Waals surface area contributed by atoms with Gasteiger partial charge in [0.15, 0.2) is 0 Å². The number of nitrogen functional groups attached to an aromatic ring is 1. The van der Waals surface area contributed by atoms with Crippen LogP contribution in [0.15, 0.2) is 89.7 Å². The summed E-state index contributed by atoms with van der Waals surface area (Å²) >= 11 is 0. The van der Waals surface area contributed by atoms with Gasteiger partial charge in [-0.3, -0.25) is 14.5 Å². The number of nitrogens with one attached hydrogen (secondary N) is 1. The lowest BCUT2D eigenvalue weighted by Gasteiger charge is -2.18. The number of para-hydroxylation sites is 2. The van der Waals surface area contributed by atoms with E-state index in [2.05, 4.69) is 41.3 Å². The number of hydrogen-bond acceptors (Lipinski definition) is 5. The van der Waals surface area contributed by atoms with E-state index in [1.54, 1.807) is 30.3 Å². The molecule has 0 atom stereocenters. The number of amides is 1. The summed E-state index contributed by atoms with van der Waals surface area (Å²) in [6.45, 7) is 7.56. The number of anilines is 2. The summed E-state index contributed by atoms with van der Waals surface area (Å²) in [6.07, 6.45) is 0. The molecule has 4 rings (SSSR count). The third-order valence-corrected chi connectivity index (χ3v) is 6.17. The molecule has 0 aliphatic heterocycles. The van der Waals surface area contributed by atoms with Crippen molar-refractivity contribution in [1.29, 1.82) is 0 Å². The van der Waals surface area contributed by atoms with Gasteiger partial charge in [0, 0.05) is 23.7 Å². The lowest BCUT2D eigenvalue weighted by Crippen LogP contribution is -2.23. The molecule has 1 aromatic heterocycles. The zero-order chi connectivity index (χ0) is 25.5. The lowest BCUT2D eigenvalue weighted by atomic mass is 10.1. The third-order valence-electron chi connectivity index (χ3n) is 6.17. The number of nitrogens with zero attached hydrogens (tertiary/aromatic N) is 3. The van der Waals surface area contributed by atoms with Crippen molar-refractivity contribution < 1.29 is 4.79 Å². The summed E-state index contributed by atoms with van der Waals surface area (Å²) < 4.78 is 1.44. The van der Waals surface area contributed by atoms with Gasteiger partial charge >= 0.3 is 0 Å². The van der Waals surface area contributed by atoms with Gasteiger partial charge in [0.1, 0.15) is 0 Å². The number of nitrogens with two attached hydrogens (primary N) is 1. The van der Waals surface area contributed by atoms with E-state index in [0.717, 1.165) is 36.5 Å². The highest BCUT2D eigenvalue weighted by Crippen LogP contribution is 2.19. The molecule has 0 saturated carbocycles. The fourth-order valence-electron chi connectivity index (χ4n) is 3.94. The molecule has 0 aliphatic carbocycles. The Morgan fingerprint density at radius 2 is 1.56 bits per heavy atom. The minimum atomic E-state index is -0.249. The number of rotatable bonds is 9. The van der Waals surface area contributed by atoms with E-state index < -0.39 is 0 Å². The molecule has 0 bridgehead atoms. The summed E-state index contributed by atoms with van der Waals surface area (Å²) in [5.74, 6) is -0.249. The van der Waals surface area contributed by atoms with E-state index in [0.29, 0.717) is 23.5 Å². The molecule has 3 aromatic carbocycles. The zero-order valence-corrected chi connectivity index (χ0v) is 20.6. The Kier molecular flexibility index (Phi) is 7.92. The molecule has 0 fully saturated rings. The fraction of sp³-hybridized carbons (Fsp3) is 0.207. The molecular weight excluding hydrogens is 450 g/mol. The lowest BCUT2D eigenvalue weighted by molar-refractivity contribution is 0.102. The third kappa shape index (κ3) is 6.06. The largest absolute Gasteiger partial charge is 0.397 e. The quantitative estimate of drug-likeness (QED) is 0.340. The first-order chi connectivity index (χ1) is 17.5. The van der Waals surface area contributed by atoms with Gasteiger partial charge in [-0.1, -0.05) is 62.4 Å². The first kappa shape index (κ1) is 24.9. The predicted molar refractivity (Wildman–Crippen MR) is 145 cm³/mol. The number of benzene rings is 3. The standard InChI is InChI=1S/C29H31N5O2/c1-3-33(4-2)19-21-9-13-23(14-10-21)26-17-18-28(35)34(32-26)20-22-11-15-24(16-12-22)29(36)31-27-8-6-5-7-25(27)30/h5-18H,3-4,19-20,30H2,1-2H3,(H,31,36). The summed E-state index contributed by atoms with van der Waals surface area (Å²) in [5.41, 5.74) is 11.1. The van der Waals surface area contributed by atoms with Crippen molar-refractivity contribution in [1.82, 2.24) is 14.7 Å². The molecule has 0 radical (unpaired) electrons. The monoisotopic (exact) mass is 481 g/mol. The van der Waals surface area contributed by atoms with Crippen LogP contribution in [0.3, 0.4) is 0 Å². The van der Waals surface area contributed by atoms with E-state index in [1.165, 1.54) is 16.3 Å². The van der Waals surface area contributed by atoms with Crippen molar-refractivity contribution in [3.8, 4) is 11.3 Å². The molecule has 0 saturated heterocycles. The van der Waals surface area contributed by atoms with Crippen LogP contribution < -0.4 is 16.6 Å². The van der Waals surface area contributed by atoms with Crippen LogP contribution >= 0.6 is 0 Å². The Hall–Kier alpha value is -4.23. The minimum absolute atomic E-state index is 0.182. The number of aromatic nitrogens is 2. The molecule has 4 aromatic rings. The average molecular weight is 482 g/mol. The molecule has 3 N–H and O–H groups in total. The average Bonchev–Trinajstić information content (AvgIpc) is 2.90. The van der Waals surface area contributed by atoms with Crippen molar-refractivity contribution in [2.24, 2.45) is 0 Å². The first-order valence-electron chi connectivity index (χ1n) is 12.1. The molecule has 184 valence electrons. The van der Waals surface area contributed by atoms with Crippen LogP contribution in [0.1, 0.15) is 35.3 Å². The molecule has 7 nitrogen and oxygen atoms in total. The number of carbonyl (C=O) groups is 1. The van der Waals surface area contributed by atoms with Crippen molar-refractivity contribution in [2.45, 2.75) is 26.9 Å². The second-order valence-corrected chi connectivity index (χ2v) is 8.61. The van der Waals surface area contributed by atoms with Crippen LogP contribution in [0.2, 0.25) is 0 Å². The van der Waals surface area contributed by atoms with E-state index in [9.17, 15) is 9.59 Å². The van der Waals surface area contributed by atoms with Gasteiger partial charge in [0.2, 0.25) is 0 Å². The Bertz CT molecular complexity index is 1370. The van der Waals surface area contributed by atoms with Gasteiger partial charge in [-0.05, 0) is 54.5 Å². The normalized spacial score (nSPS) is 11.0. The summed E-state index contributed by atoms with van der Waals surface area (Å²) in [6, 6.07) is 25.8. The Labute approximate surface area is 211 Å². The van der Waals surface area contributed by atoms with Gasteiger partial charge in [0.25, 0.3) is 11.5 Å². The van der Waals surface area contributed by atoms with E-state index >= 15 is 0 Å². The SMILES string of the molecule is CCN(CC)Cc1ccc(-c2ccc(=O)n(Cc3ccc(C(=O)Nc4ccccc4N)cc3)n2)cc1. The Morgan fingerprint density at radius 1 is 0.889 bits per heavy atom. The fourth-order valence-corrected chi connectivity index (χ4v) is 3.94. The smallest absolute Gasteiger partial charge is 0.267 e. The van der Waals surface area contributed by atoms with E-state index in [-0.39, 0.29) is 11.5 Å². The van der Waals surface area contributed by atoms with Crippen LogP contribution in [0.5, 0.6) is 0 Å². The van der Waals surface area contributed by atoms with E-state index in [1.807, 2.05) is 36.4 Å². The number of carbonyl (C=O) groups excluding carboxylic acids is 1. The van der Waals surface area contributed by atoms with Crippen molar-refractivity contribution >= 4 is 17.3 Å². The second kappa shape index (κ2) is 11.5. The van der Waals surface area contributed by atoms with Crippen LogP contribution in [0, 0.1) is 0 Å². The van der Waals surface area contributed by atoms with E-state index in [4.69, 9.17) is 5.73 Å². The maximum atomic E-state index is 12.6. The van der Waals surface area contributed by atoms with Crippen LogP contribution in [-0.4, -0.2) is 33.7 Å². The molecule has 0 spiro atoms. The Morgan fingerprint density at radius 3 is 2.22 bits per heavy atom. The molecule has 36 heavy (non-hydrogen) atoms. The highest BCUT2D eigenvalue weighted by molar-refractivity contribution is 6.05. The van der Waals surface area contributed by atoms with Crippen LogP contribution in [0.4, 0.5) is 11.4 Å². The molecule has 1 amide bonds. The zero-order valence-electron chi connectivity index (χ0n) is 20.6. The minimum Gasteiger partial charge on any atom is -0.397 e. The maximum Gasteiger partial charge on any atom is 0.267 e. The topological polar surface area (TPSA) is 93.2 Å². The highest BCUT2D eigenvalue weighted by Gasteiger charge is 2.10. The molecular formula is C29H31N5O2. The van der Waals surface area contributed by atoms with Crippen molar-refractivity contribution in [2.75, 3.05) is 24.1 Å². The summed E-state index contributed by atoms with van der Waals surface area (Å²) in [7, 11) is 0. The molecule has 1 heterocycles. The van der Waals surface area contributed by atoms with Gasteiger partial charge < -0.3 is 11.1 Å². The highest BCUT2D eigenvalue weighted by atomic mass is 16.1. The van der Waals surface area contributed by atoms with Gasteiger partial charge in [-0.25, -0.2) is 4.68 Å². The molecule has 0 unspecified atom stereocenters. The predicted octanol–water partition coefficient (Wildman–Crippen LogP) is 4.63. The van der Waals surface area contributed by atoms with Crippen LogP contribution in [0.25, 0.3) is 11.3 Å². The van der Waals surface area contributed by atoms with Gasteiger partial charge in [-0.2, -0.15) is 5.10 Å². The maximum absolute atomic E-state index is 12.6. The van der Waals surface area contributed by atoms with Crippen molar-refractivity contribution in [3.63, 3.8) is 0 Å². The second-order valence-electron chi connectivity index (χ2n) is 8.61. The Balaban J connectivity index is 1.46. The van der Waals surface area contributed by atoms with Crippen LogP contribution in [-0.2, 0) is 13.1 Å². The molecule has 7 heteroatoms. The van der Waals surface area contributed by atoms with Crippen molar-refractivity contribution in [3.05, 3.63) is 112 Å². The van der Waals surface area contributed by atoms with Gasteiger partial charge in [-0.15, -0.1) is 0 Å². The molecule has 0 aliphatic rings. The summed E-state index contributed by atoms with van der Waals surface area (Å²) in [4.78, 5) is 27.4. The summed E-state index contributed by atoms with van der Waals surface area (Å²) in [5, 5.41) is 7.40. The van der Waals surface area contributed by atoms with Gasteiger partial charge in [0.05, 0.1) is 23.6 Å².